The van der Waals surface area contributed by atoms with Crippen LogP contribution >= 0.6 is 31.9 Å². The van der Waals surface area contributed by atoms with Gasteiger partial charge in [0.1, 0.15) is 11.5 Å². The third-order valence-electron chi connectivity index (χ3n) is 5.85. The van der Waals surface area contributed by atoms with Gasteiger partial charge in [-0.15, -0.1) is 0 Å². The fourth-order valence-electron chi connectivity index (χ4n) is 4.14. The number of halogens is 2. The number of amides is 2. The van der Waals surface area contributed by atoms with Crippen molar-refractivity contribution in [1.29, 1.82) is 0 Å². The monoisotopic (exact) mass is 604 g/mol. The highest BCUT2D eigenvalue weighted by atomic mass is 79.9. The Bertz CT molecular complexity index is 1560. The topological polar surface area (TPSA) is 98.7 Å². The summed E-state index contributed by atoms with van der Waals surface area (Å²) in [5.74, 6) is -1.06. The van der Waals surface area contributed by atoms with Crippen molar-refractivity contribution in [3.05, 3.63) is 105 Å². The lowest BCUT2D eigenvalue weighted by Gasteiger charge is -2.18. The second-order valence-electron chi connectivity index (χ2n) is 8.02. The Kier molecular flexibility index (Phi) is 6.38. The number of nitrogens with one attached hydrogen (secondary N) is 2. The highest BCUT2D eigenvalue weighted by Gasteiger charge is 2.22. The molecule has 0 aliphatic heterocycles. The fraction of sp³-hybridized carbons (Fsp3) is 0. The number of benzene rings is 5. The van der Waals surface area contributed by atoms with Crippen LogP contribution in [0.15, 0.2) is 93.9 Å². The highest BCUT2D eigenvalue weighted by Crippen LogP contribution is 2.47. The molecule has 0 bridgehead atoms. The summed E-state index contributed by atoms with van der Waals surface area (Å²) in [7, 11) is 0. The minimum Gasteiger partial charge on any atom is -0.507 e. The van der Waals surface area contributed by atoms with Gasteiger partial charge < -0.3 is 20.8 Å². The van der Waals surface area contributed by atoms with Crippen LogP contribution in [0.1, 0.15) is 20.7 Å². The zero-order chi connectivity index (χ0) is 25.4. The summed E-state index contributed by atoms with van der Waals surface area (Å²) in [6.45, 7) is 0. The molecule has 5 aromatic carbocycles. The first kappa shape index (κ1) is 23.8. The van der Waals surface area contributed by atoms with Crippen molar-refractivity contribution in [1.82, 2.24) is 0 Å². The lowest BCUT2D eigenvalue weighted by Crippen LogP contribution is -2.15. The van der Waals surface area contributed by atoms with E-state index in [4.69, 9.17) is 0 Å². The van der Waals surface area contributed by atoms with E-state index in [9.17, 15) is 19.8 Å². The Morgan fingerprint density at radius 3 is 1.31 bits per heavy atom. The predicted molar refractivity (Wildman–Crippen MR) is 149 cm³/mol. The van der Waals surface area contributed by atoms with E-state index >= 15 is 0 Å². The van der Waals surface area contributed by atoms with Gasteiger partial charge in [0.2, 0.25) is 0 Å². The quantitative estimate of drug-likeness (QED) is 0.126. The summed E-state index contributed by atoms with van der Waals surface area (Å²) >= 11 is 6.77. The Balaban J connectivity index is 1.70. The van der Waals surface area contributed by atoms with Crippen molar-refractivity contribution >= 4 is 76.6 Å². The maximum atomic E-state index is 13.1. The molecule has 0 aliphatic carbocycles. The van der Waals surface area contributed by atoms with Crippen molar-refractivity contribution in [3.63, 3.8) is 0 Å². The molecule has 0 unspecified atom stereocenters. The summed E-state index contributed by atoms with van der Waals surface area (Å²) < 4.78 is 1.23. The zero-order valence-corrected chi connectivity index (χ0v) is 21.7. The lowest BCUT2D eigenvalue weighted by molar-refractivity contribution is 0.101. The van der Waals surface area contributed by atoms with Crippen LogP contribution in [0, 0.1) is 0 Å². The summed E-state index contributed by atoms with van der Waals surface area (Å²) in [4.78, 5) is 26.1. The molecule has 0 radical (unpaired) electrons. The third-order valence-corrected chi connectivity index (χ3v) is 7.23. The first-order chi connectivity index (χ1) is 17.4. The molecule has 0 aliphatic rings. The van der Waals surface area contributed by atoms with Gasteiger partial charge in [-0.1, -0.05) is 48.5 Å². The van der Waals surface area contributed by atoms with Crippen LogP contribution in [0.2, 0.25) is 0 Å². The van der Waals surface area contributed by atoms with E-state index in [1.54, 1.807) is 84.9 Å². The molecule has 36 heavy (non-hydrogen) atoms. The van der Waals surface area contributed by atoms with Crippen LogP contribution in [0.3, 0.4) is 0 Å². The molecular formula is C28H18Br2N2O4. The third kappa shape index (κ3) is 4.19. The van der Waals surface area contributed by atoms with Crippen molar-refractivity contribution in [3.8, 4) is 11.5 Å². The molecule has 2 amide bonds. The molecule has 0 spiro atoms. The number of hydrogen-bond donors (Lipinski definition) is 4. The number of hydrogen-bond acceptors (Lipinski definition) is 4. The maximum absolute atomic E-state index is 13.1. The number of rotatable bonds is 4. The number of fused-ring (bicyclic) bond motifs is 2. The van der Waals surface area contributed by atoms with Crippen molar-refractivity contribution < 1.29 is 19.8 Å². The van der Waals surface area contributed by atoms with Crippen molar-refractivity contribution in [2.75, 3.05) is 10.6 Å². The Hall–Kier alpha value is -3.88. The van der Waals surface area contributed by atoms with E-state index in [2.05, 4.69) is 42.5 Å². The van der Waals surface area contributed by atoms with Crippen LogP contribution in [0.25, 0.3) is 21.5 Å². The predicted octanol–water partition coefficient (Wildman–Crippen LogP) is 7.43. The Morgan fingerprint density at radius 1 is 0.556 bits per heavy atom. The number of phenols is 2. The van der Waals surface area contributed by atoms with Gasteiger partial charge in [-0.25, -0.2) is 0 Å². The summed E-state index contributed by atoms with van der Waals surface area (Å²) in [5.41, 5.74) is 1.37. The number of aromatic hydroxyl groups is 2. The van der Waals surface area contributed by atoms with Gasteiger partial charge in [0.15, 0.2) is 0 Å². The van der Waals surface area contributed by atoms with E-state index in [-0.39, 0.29) is 33.6 Å². The first-order valence-corrected chi connectivity index (χ1v) is 12.5. The molecule has 0 saturated heterocycles. The van der Waals surface area contributed by atoms with Gasteiger partial charge in [-0.05, 0) is 68.3 Å². The van der Waals surface area contributed by atoms with E-state index in [0.717, 1.165) is 0 Å². The molecule has 8 heteroatoms. The molecule has 178 valence electrons. The van der Waals surface area contributed by atoms with Gasteiger partial charge in [-0.3, -0.25) is 9.59 Å². The molecule has 5 aromatic rings. The number of phenolic OH excluding ortho intramolecular Hbond substituents is 2. The minimum absolute atomic E-state index is 0.127. The number of carbonyl (C=O) groups excluding carboxylic acids is 2. The van der Waals surface area contributed by atoms with Crippen LogP contribution < -0.4 is 10.6 Å². The van der Waals surface area contributed by atoms with Gasteiger partial charge in [-0.2, -0.15) is 0 Å². The average molecular weight is 606 g/mol. The van der Waals surface area contributed by atoms with Crippen molar-refractivity contribution in [2.24, 2.45) is 0 Å². The number of carbonyl (C=O) groups is 2. The molecule has 0 fully saturated rings. The summed E-state index contributed by atoms with van der Waals surface area (Å²) in [6, 6.07) is 23.9. The van der Waals surface area contributed by atoms with Crippen LogP contribution in [0.4, 0.5) is 11.4 Å². The fourth-order valence-corrected chi connectivity index (χ4v) is 5.07. The Morgan fingerprint density at radius 2 is 0.917 bits per heavy atom. The van der Waals surface area contributed by atoms with Gasteiger partial charge in [0.05, 0.1) is 33.3 Å². The van der Waals surface area contributed by atoms with E-state index in [1.807, 2.05) is 0 Å². The van der Waals surface area contributed by atoms with Crippen molar-refractivity contribution in [2.45, 2.75) is 0 Å². The zero-order valence-electron chi connectivity index (χ0n) is 18.5. The Labute approximate surface area is 222 Å². The van der Waals surface area contributed by atoms with E-state index in [0.29, 0.717) is 30.8 Å². The maximum Gasteiger partial charge on any atom is 0.256 e. The molecule has 0 atom stereocenters. The highest BCUT2D eigenvalue weighted by molar-refractivity contribution is 9.10. The molecule has 0 aromatic heterocycles. The second kappa shape index (κ2) is 9.64. The van der Waals surface area contributed by atoms with Crippen LogP contribution in [-0.4, -0.2) is 22.0 Å². The minimum atomic E-state index is -0.402. The SMILES string of the molecule is O=C(Nc1ccc(NC(=O)c2ccccc2Br)c2c(O)c3ccccc3c(O)c12)c1ccccc1Br. The second-order valence-corrected chi connectivity index (χ2v) is 9.73. The molecule has 6 nitrogen and oxygen atoms in total. The standard InChI is InChI=1S/C28H18Br2N2O4/c29-19-11-5-3-9-17(19)27(35)31-21-13-14-22(32-28(36)18-10-4-6-12-20(18)30)24-23(21)25(33)15-7-1-2-8-16(15)26(24)34/h1-14,33-34H,(H,31,35)(H,32,36). The summed E-state index contributed by atoms with van der Waals surface area (Å²) in [5, 5.41) is 29.5. The first-order valence-electron chi connectivity index (χ1n) is 10.9. The molecule has 5 rings (SSSR count). The van der Waals surface area contributed by atoms with Crippen LogP contribution in [-0.2, 0) is 0 Å². The average Bonchev–Trinajstić information content (AvgIpc) is 2.88. The normalized spacial score (nSPS) is 10.9. The van der Waals surface area contributed by atoms with E-state index in [1.165, 1.54) is 0 Å². The van der Waals surface area contributed by atoms with E-state index < -0.39 is 11.8 Å². The van der Waals surface area contributed by atoms with Gasteiger partial charge in [0.25, 0.3) is 11.8 Å². The lowest BCUT2D eigenvalue weighted by atomic mass is 9.97. The van der Waals surface area contributed by atoms with Crippen LogP contribution in [0.5, 0.6) is 11.5 Å². The molecule has 0 heterocycles. The largest absolute Gasteiger partial charge is 0.507 e. The van der Waals surface area contributed by atoms with Gasteiger partial charge >= 0.3 is 0 Å². The molecule has 4 N–H and O–H groups in total. The molecular weight excluding hydrogens is 588 g/mol. The van der Waals surface area contributed by atoms with Gasteiger partial charge in [0, 0.05) is 19.7 Å². The molecule has 0 saturated carbocycles. The summed E-state index contributed by atoms with van der Waals surface area (Å²) in [6.07, 6.45) is 0. The smallest absolute Gasteiger partial charge is 0.256 e. The number of anilines is 2.